The average molecular weight is 742 g/mol. The number of hydrogen-bond acceptors (Lipinski definition) is 8. The standard InChI is InChI=1S/C43H83NO8/c1-3-5-7-9-11-13-14-15-16-17-18-19-20-21-22-23-25-27-29-31-33-39(47)44-36(37(46)32-30-28-26-24-12-10-8-6-4-2)35-51-43-42(50)41(49)40(48)38(34-45)52-43/h30,32,36-38,40-43,45-46,48-50H,3-29,31,33-35H2,1-2H3,(H,44,47)/b32-30+. The van der Waals surface area contributed by atoms with Crippen molar-refractivity contribution in [1.82, 2.24) is 5.32 Å². The number of unbranched alkanes of at least 4 members (excludes halogenated alkanes) is 26. The molecule has 0 aromatic rings. The molecule has 0 aliphatic carbocycles. The highest BCUT2D eigenvalue weighted by Gasteiger charge is 2.44. The van der Waals surface area contributed by atoms with Crippen LogP contribution in [0.2, 0.25) is 0 Å². The maximum atomic E-state index is 12.9. The van der Waals surface area contributed by atoms with E-state index in [-0.39, 0.29) is 12.5 Å². The van der Waals surface area contributed by atoms with Gasteiger partial charge in [-0.05, 0) is 19.3 Å². The third-order valence-electron chi connectivity index (χ3n) is 10.6. The Morgan fingerprint density at radius 2 is 1.06 bits per heavy atom. The van der Waals surface area contributed by atoms with Crippen molar-refractivity contribution in [3.05, 3.63) is 12.2 Å². The molecular weight excluding hydrogens is 658 g/mol. The Labute approximate surface area is 318 Å². The van der Waals surface area contributed by atoms with Crippen LogP contribution in [-0.2, 0) is 14.3 Å². The fourth-order valence-electron chi connectivity index (χ4n) is 7.04. The fraction of sp³-hybridized carbons (Fsp3) is 0.930. The lowest BCUT2D eigenvalue weighted by molar-refractivity contribution is -0.302. The van der Waals surface area contributed by atoms with Crippen molar-refractivity contribution in [1.29, 1.82) is 0 Å². The number of hydrogen-bond donors (Lipinski definition) is 6. The van der Waals surface area contributed by atoms with Gasteiger partial charge in [-0.15, -0.1) is 0 Å². The van der Waals surface area contributed by atoms with Gasteiger partial charge in [-0.2, -0.15) is 0 Å². The van der Waals surface area contributed by atoms with Gasteiger partial charge in [0, 0.05) is 6.42 Å². The average Bonchev–Trinajstić information content (AvgIpc) is 3.14. The number of amides is 1. The maximum absolute atomic E-state index is 12.9. The molecule has 7 atom stereocenters. The Hall–Kier alpha value is -1.07. The number of ether oxygens (including phenoxy) is 2. The number of rotatable bonds is 36. The second-order valence-electron chi connectivity index (χ2n) is 15.5. The van der Waals surface area contributed by atoms with Gasteiger partial charge >= 0.3 is 0 Å². The van der Waals surface area contributed by atoms with Gasteiger partial charge in [0.15, 0.2) is 6.29 Å². The molecular formula is C43H83NO8. The minimum atomic E-state index is -1.56. The molecule has 1 rings (SSSR count). The second-order valence-corrected chi connectivity index (χ2v) is 15.5. The van der Waals surface area contributed by atoms with Gasteiger partial charge in [-0.3, -0.25) is 4.79 Å². The molecule has 308 valence electrons. The zero-order valence-corrected chi connectivity index (χ0v) is 33.6. The molecule has 0 aromatic carbocycles. The van der Waals surface area contributed by atoms with E-state index in [1.165, 1.54) is 141 Å². The van der Waals surface area contributed by atoms with Crippen LogP contribution in [0.4, 0.5) is 0 Å². The fourth-order valence-corrected chi connectivity index (χ4v) is 7.04. The molecule has 1 amide bonds. The molecule has 7 unspecified atom stereocenters. The normalized spacial score (nSPS) is 21.9. The molecule has 52 heavy (non-hydrogen) atoms. The molecule has 6 N–H and O–H groups in total. The molecule has 9 heteroatoms. The van der Waals surface area contributed by atoms with E-state index >= 15 is 0 Å². The number of carbonyl (C=O) groups excluding carboxylic acids is 1. The third-order valence-corrected chi connectivity index (χ3v) is 10.6. The summed E-state index contributed by atoms with van der Waals surface area (Å²) in [4.78, 5) is 12.9. The van der Waals surface area contributed by atoms with Crippen molar-refractivity contribution < 1.29 is 39.8 Å². The first-order valence-electron chi connectivity index (χ1n) is 21.9. The van der Waals surface area contributed by atoms with Gasteiger partial charge in [-0.25, -0.2) is 0 Å². The van der Waals surface area contributed by atoms with E-state index in [1.807, 2.05) is 6.08 Å². The highest BCUT2D eigenvalue weighted by atomic mass is 16.7. The van der Waals surface area contributed by atoms with Crippen molar-refractivity contribution in [3.8, 4) is 0 Å². The number of nitrogens with one attached hydrogen (secondary N) is 1. The number of aliphatic hydroxyl groups is 5. The van der Waals surface area contributed by atoms with Crippen molar-refractivity contribution in [3.63, 3.8) is 0 Å². The molecule has 0 bridgehead atoms. The summed E-state index contributed by atoms with van der Waals surface area (Å²) in [5.41, 5.74) is 0. The van der Waals surface area contributed by atoms with Crippen LogP contribution in [0.15, 0.2) is 12.2 Å². The molecule has 1 saturated heterocycles. The topological polar surface area (TPSA) is 149 Å². The molecule has 0 aromatic heterocycles. The van der Waals surface area contributed by atoms with Gasteiger partial charge < -0.3 is 40.3 Å². The van der Waals surface area contributed by atoms with E-state index < -0.39 is 49.5 Å². The van der Waals surface area contributed by atoms with Gasteiger partial charge in [0.25, 0.3) is 0 Å². The Morgan fingerprint density at radius 1 is 0.635 bits per heavy atom. The van der Waals surface area contributed by atoms with Crippen LogP contribution in [0, 0.1) is 0 Å². The van der Waals surface area contributed by atoms with Crippen LogP contribution >= 0.6 is 0 Å². The van der Waals surface area contributed by atoms with Crippen LogP contribution < -0.4 is 5.32 Å². The molecule has 1 aliphatic heterocycles. The second kappa shape index (κ2) is 34.4. The lowest BCUT2D eigenvalue weighted by Gasteiger charge is -2.40. The van der Waals surface area contributed by atoms with E-state index in [1.54, 1.807) is 6.08 Å². The summed E-state index contributed by atoms with van der Waals surface area (Å²) in [7, 11) is 0. The van der Waals surface area contributed by atoms with Gasteiger partial charge in [-0.1, -0.05) is 187 Å². The Morgan fingerprint density at radius 3 is 1.50 bits per heavy atom. The molecule has 9 nitrogen and oxygen atoms in total. The van der Waals surface area contributed by atoms with Crippen LogP contribution in [0.25, 0.3) is 0 Å². The minimum Gasteiger partial charge on any atom is -0.394 e. The van der Waals surface area contributed by atoms with Crippen LogP contribution in [0.1, 0.15) is 200 Å². The first-order chi connectivity index (χ1) is 25.3. The lowest BCUT2D eigenvalue weighted by atomic mass is 9.99. The molecule has 1 heterocycles. The van der Waals surface area contributed by atoms with Crippen molar-refractivity contribution in [2.45, 2.75) is 243 Å². The van der Waals surface area contributed by atoms with Crippen molar-refractivity contribution >= 4 is 5.91 Å². The predicted octanol–water partition coefficient (Wildman–Crippen LogP) is 8.56. The summed E-state index contributed by atoms with van der Waals surface area (Å²) >= 11 is 0. The molecule has 1 aliphatic rings. The minimum absolute atomic E-state index is 0.177. The molecule has 0 radical (unpaired) electrons. The van der Waals surface area contributed by atoms with E-state index in [4.69, 9.17) is 9.47 Å². The number of allylic oxidation sites excluding steroid dienone is 1. The summed E-state index contributed by atoms with van der Waals surface area (Å²) in [6.07, 6.45) is 31.2. The first-order valence-corrected chi connectivity index (χ1v) is 21.9. The largest absolute Gasteiger partial charge is 0.394 e. The zero-order chi connectivity index (χ0) is 38.1. The molecule has 0 saturated carbocycles. The van der Waals surface area contributed by atoms with E-state index in [9.17, 15) is 30.3 Å². The van der Waals surface area contributed by atoms with Gasteiger partial charge in [0.1, 0.15) is 24.4 Å². The Kier molecular flexibility index (Phi) is 32.4. The third kappa shape index (κ3) is 25.1. The highest BCUT2D eigenvalue weighted by Crippen LogP contribution is 2.22. The van der Waals surface area contributed by atoms with E-state index in [0.29, 0.717) is 6.42 Å². The molecule has 1 fully saturated rings. The first kappa shape index (κ1) is 48.9. The summed E-state index contributed by atoms with van der Waals surface area (Å²) in [6, 6.07) is -0.796. The monoisotopic (exact) mass is 742 g/mol. The van der Waals surface area contributed by atoms with Crippen molar-refractivity contribution in [2.75, 3.05) is 13.2 Å². The Bertz CT molecular complexity index is 827. The smallest absolute Gasteiger partial charge is 0.220 e. The van der Waals surface area contributed by atoms with E-state index in [2.05, 4.69) is 19.2 Å². The number of carbonyl (C=O) groups is 1. The summed E-state index contributed by atoms with van der Waals surface area (Å²) < 4.78 is 11.2. The summed E-state index contributed by atoms with van der Waals surface area (Å²) in [5.74, 6) is -0.177. The Balaban J connectivity index is 2.28. The van der Waals surface area contributed by atoms with Gasteiger partial charge in [0.2, 0.25) is 5.91 Å². The lowest BCUT2D eigenvalue weighted by Crippen LogP contribution is -2.60. The quantitative estimate of drug-likeness (QED) is 0.0277. The zero-order valence-electron chi connectivity index (χ0n) is 33.6. The summed E-state index contributed by atoms with van der Waals surface area (Å²) in [6.45, 7) is 3.74. The summed E-state index contributed by atoms with van der Waals surface area (Å²) in [5, 5.41) is 53.9. The van der Waals surface area contributed by atoms with Crippen LogP contribution in [0.3, 0.4) is 0 Å². The van der Waals surface area contributed by atoms with Crippen LogP contribution in [-0.4, -0.2) is 87.5 Å². The maximum Gasteiger partial charge on any atom is 0.220 e. The highest BCUT2D eigenvalue weighted by molar-refractivity contribution is 5.76. The number of aliphatic hydroxyl groups excluding tert-OH is 5. The SMILES string of the molecule is CCCCCCCCC/C=C/C(O)C(COC1OC(CO)C(O)C(O)C1O)NC(=O)CCCCCCCCCCCCCCCCCCCCCC. The molecule has 0 spiro atoms. The van der Waals surface area contributed by atoms with Crippen LogP contribution in [0.5, 0.6) is 0 Å². The predicted molar refractivity (Wildman–Crippen MR) is 212 cm³/mol. The van der Waals surface area contributed by atoms with E-state index in [0.717, 1.165) is 38.5 Å². The van der Waals surface area contributed by atoms with Gasteiger partial charge in [0.05, 0.1) is 25.4 Å². The van der Waals surface area contributed by atoms with Crippen molar-refractivity contribution in [2.24, 2.45) is 0 Å².